The molecule has 0 bridgehead atoms. The predicted molar refractivity (Wildman–Crippen MR) is 183 cm³/mol. The van der Waals surface area contributed by atoms with Gasteiger partial charge in [0.2, 0.25) is 0 Å². The van der Waals surface area contributed by atoms with Crippen LogP contribution in [0.5, 0.6) is 0 Å². The van der Waals surface area contributed by atoms with Crippen molar-refractivity contribution in [1.82, 2.24) is 29.9 Å². The Kier molecular flexibility index (Phi) is 16.3. The number of nitrogens with zero attached hydrogens (tertiary/aromatic N) is 6. The number of hydrogen-bond donors (Lipinski definition) is 0. The van der Waals surface area contributed by atoms with Gasteiger partial charge in [0.15, 0.2) is 0 Å². The van der Waals surface area contributed by atoms with E-state index in [4.69, 9.17) is 0 Å². The van der Waals surface area contributed by atoms with Crippen molar-refractivity contribution in [3.05, 3.63) is 146 Å². The van der Waals surface area contributed by atoms with Gasteiger partial charge in [-0.05, 0) is 72.8 Å². The topological polar surface area (TPSA) is 77.3 Å². The fourth-order valence-corrected chi connectivity index (χ4v) is 3.09. The Balaban J connectivity index is 0.000000684. The van der Waals surface area contributed by atoms with Crippen molar-refractivity contribution in [3.63, 3.8) is 0 Å². The molecular weight excluding hydrogens is 938 g/mol. The summed E-state index contributed by atoms with van der Waals surface area (Å²) >= 11 is 0. The van der Waals surface area contributed by atoms with Gasteiger partial charge in [0.05, 0.1) is 34.2 Å². The maximum atomic E-state index is 9.87. The molecule has 0 atom stereocenters. The first-order valence-electron chi connectivity index (χ1n) is 14.4. The number of hydrogen-bond acceptors (Lipinski definition) is 6. The van der Waals surface area contributed by atoms with Crippen molar-refractivity contribution < 1.29 is 92.3 Å². The number of halogens is 18. The van der Waals surface area contributed by atoms with Gasteiger partial charge in [-0.1, -0.05) is 36.4 Å². The van der Waals surface area contributed by atoms with E-state index in [0.29, 0.717) is 0 Å². The fourth-order valence-electron chi connectivity index (χ4n) is 3.09. The van der Waals surface area contributed by atoms with E-state index < -0.39 is 23.4 Å². The Labute approximate surface area is 325 Å². The van der Waals surface area contributed by atoms with Crippen LogP contribution in [-0.2, 0) is 16.8 Å². The first-order valence-corrected chi connectivity index (χ1v) is 20.5. The van der Waals surface area contributed by atoms with Crippen LogP contribution in [0.15, 0.2) is 146 Å². The van der Waals surface area contributed by atoms with Crippen LogP contribution in [0, 0.1) is 0 Å². The number of aromatic nitrogens is 6. The number of pyridine rings is 6. The summed E-state index contributed by atoms with van der Waals surface area (Å²) in [5.41, 5.74) is 5.49. The van der Waals surface area contributed by atoms with Crippen LogP contribution >= 0.6 is 23.4 Å². The largest absolute Gasteiger partial charge is 3.00 e. The molecule has 6 rings (SSSR count). The minimum absolute atomic E-state index is 0. The smallest absolute Gasteiger partial charge is 0.255 e. The summed E-state index contributed by atoms with van der Waals surface area (Å²) in [6.45, 7) is 0. The van der Waals surface area contributed by atoms with Crippen LogP contribution in [-0.4, -0.2) is 29.9 Å². The summed E-state index contributed by atoms with van der Waals surface area (Å²) in [6, 6.07) is 34.8. The van der Waals surface area contributed by atoms with Crippen molar-refractivity contribution >= 4 is 23.4 Å². The summed E-state index contributed by atoms with van der Waals surface area (Å²) in [4.78, 5) is 25.1. The van der Waals surface area contributed by atoms with E-state index in [1.165, 1.54) is 0 Å². The van der Waals surface area contributed by atoms with Gasteiger partial charge in [0, 0.05) is 37.2 Å². The van der Waals surface area contributed by atoms with Crippen LogP contribution < -0.4 is 0 Å². The zero-order valence-corrected chi connectivity index (χ0v) is 31.7. The molecule has 28 heteroatoms. The standard InChI is InChI=1S/3C10H8N2.Co.3F6P/c3*1-3-7-11-9(5-1)10-6-2-4-8-12-10;;3*1-7(2,3,4,5)6/h3*1-8H;;;;/q;;;+3;3*-1. The molecule has 6 heterocycles. The SMILES string of the molecule is F[P-](F)(F)(F)(F)F.F[P-](F)(F)(F)(F)F.F[P-](F)(F)(F)(F)F.[Co+3].c1ccc(-c2ccccn2)nc1.c1ccc(-c2ccccn2)nc1.c1ccc(-c2ccccn2)nc1. The molecule has 0 saturated carbocycles. The van der Waals surface area contributed by atoms with Crippen LogP contribution in [0.4, 0.5) is 75.5 Å². The van der Waals surface area contributed by atoms with Gasteiger partial charge >= 0.3 is 116 Å². The minimum atomic E-state index is -10.7. The Bertz CT molecular complexity index is 1690. The van der Waals surface area contributed by atoms with E-state index in [-0.39, 0.29) is 16.8 Å². The molecule has 324 valence electrons. The van der Waals surface area contributed by atoms with Gasteiger partial charge in [0.25, 0.3) is 0 Å². The van der Waals surface area contributed by atoms with Crippen molar-refractivity contribution in [3.8, 4) is 34.2 Å². The molecule has 0 unspecified atom stereocenters. The predicted octanol–water partition coefficient (Wildman–Crippen LogP) is 16.6. The molecule has 6 aromatic heterocycles. The van der Waals surface area contributed by atoms with Gasteiger partial charge in [-0.15, -0.1) is 0 Å². The quantitative estimate of drug-likeness (QED) is 0.130. The maximum absolute atomic E-state index is 10.7. The molecule has 0 fully saturated rings. The molecule has 0 amide bonds. The van der Waals surface area contributed by atoms with Gasteiger partial charge in [-0.2, -0.15) is 0 Å². The molecule has 0 aromatic carbocycles. The second kappa shape index (κ2) is 17.7. The molecule has 0 saturated heterocycles. The third-order valence-corrected chi connectivity index (χ3v) is 4.78. The molecule has 0 N–H and O–H groups in total. The van der Waals surface area contributed by atoms with Crippen molar-refractivity contribution in [1.29, 1.82) is 0 Å². The average molecular weight is 962 g/mol. The molecule has 0 aliphatic carbocycles. The molecule has 0 aliphatic heterocycles. The molecule has 58 heavy (non-hydrogen) atoms. The maximum Gasteiger partial charge on any atom is 3.00 e. The molecular formula is C30H24CoF18N6P3. The molecule has 0 spiro atoms. The van der Waals surface area contributed by atoms with Crippen molar-refractivity contribution in [2.24, 2.45) is 0 Å². The molecule has 0 aliphatic rings. The van der Waals surface area contributed by atoms with E-state index in [0.717, 1.165) is 34.2 Å². The van der Waals surface area contributed by atoms with Crippen LogP contribution in [0.3, 0.4) is 0 Å². The van der Waals surface area contributed by atoms with Crippen molar-refractivity contribution in [2.75, 3.05) is 0 Å². The summed E-state index contributed by atoms with van der Waals surface area (Å²) in [7, 11) is -32.0. The molecule has 6 aromatic rings. The van der Waals surface area contributed by atoms with Gasteiger partial charge in [-0.3, -0.25) is 29.9 Å². The fraction of sp³-hybridized carbons (Fsp3) is 0. The van der Waals surface area contributed by atoms with Gasteiger partial charge in [0.1, 0.15) is 0 Å². The van der Waals surface area contributed by atoms with E-state index in [1.54, 1.807) is 37.2 Å². The third-order valence-electron chi connectivity index (χ3n) is 4.78. The normalized spacial score (nSPS) is 14.4. The van der Waals surface area contributed by atoms with Gasteiger partial charge in [-0.25, -0.2) is 0 Å². The van der Waals surface area contributed by atoms with E-state index in [9.17, 15) is 75.5 Å². The summed E-state index contributed by atoms with van der Waals surface area (Å²) in [5, 5.41) is 0. The second-order valence-corrected chi connectivity index (χ2v) is 15.9. The first-order chi connectivity index (χ1) is 25.2. The van der Waals surface area contributed by atoms with E-state index in [2.05, 4.69) is 29.9 Å². The van der Waals surface area contributed by atoms with Crippen LogP contribution in [0.1, 0.15) is 0 Å². The molecule has 6 nitrogen and oxygen atoms in total. The monoisotopic (exact) mass is 962 g/mol. The zero-order valence-electron chi connectivity index (χ0n) is 28.0. The average Bonchev–Trinajstić information content (AvgIpc) is 3.07. The van der Waals surface area contributed by atoms with Gasteiger partial charge < -0.3 is 0 Å². The minimum Gasteiger partial charge on any atom is -0.255 e. The zero-order chi connectivity index (χ0) is 43.9. The Morgan fingerprint density at radius 1 is 0.224 bits per heavy atom. The van der Waals surface area contributed by atoms with E-state index in [1.807, 2.05) is 109 Å². The third kappa shape index (κ3) is 42.6. The van der Waals surface area contributed by atoms with Crippen molar-refractivity contribution in [2.45, 2.75) is 0 Å². The van der Waals surface area contributed by atoms with Crippen LogP contribution in [0.2, 0.25) is 0 Å². The van der Waals surface area contributed by atoms with E-state index >= 15 is 0 Å². The number of rotatable bonds is 3. The summed E-state index contributed by atoms with van der Waals surface area (Å²) in [5.74, 6) is 0. The molecule has 0 radical (unpaired) electrons. The first kappa shape index (κ1) is 53.4. The second-order valence-electron chi connectivity index (χ2n) is 10.2. The summed E-state index contributed by atoms with van der Waals surface area (Å²) in [6.07, 6.45) is 10.6. The Hall–Kier alpha value is -4.56. The van der Waals surface area contributed by atoms with Crippen LogP contribution in [0.25, 0.3) is 34.2 Å². The summed E-state index contributed by atoms with van der Waals surface area (Å²) < 4.78 is 178. The Morgan fingerprint density at radius 2 is 0.328 bits per heavy atom. The Morgan fingerprint density at radius 3 is 0.397 bits per heavy atom.